The third kappa shape index (κ3) is 4.40. The lowest BCUT2D eigenvalue weighted by atomic mass is 9.93. The Kier molecular flexibility index (Phi) is 6.15. The van der Waals surface area contributed by atoms with E-state index in [0.29, 0.717) is 0 Å². The Morgan fingerprint density at radius 1 is 1.36 bits per heavy atom. The Morgan fingerprint density at radius 3 is 2.64 bits per heavy atom. The summed E-state index contributed by atoms with van der Waals surface area (Å²) in [7, 11) is 1.77. The highest BCUT2D eigenvalue weighted by molar-refractivity contribution is 4.72. The second-order valence-electron chi connectivity index (χ2n) is 4.21. The molecule has 0 amide bonds. The van der Waals surface area contributed by atoms with Crippen LogP contribution in [-0.2, 0) is 4.74 Å². The van der Waals surface area contributed by atoms with Gasteiger partial charge >= 0.3 is 0 Å². The summed E-state index contributed by atoms with van der Waals surface area (Å²) in [5.41, 5.74) is 5.56. The van der Waals surface area contributed by atoms with E-state index in [-0.39, 0.29) is 0 Å². The minimum atomic E-state index is 0.855. The lowest BCUT2D eigenvalue weighted by Gasteiger charge is -2.31. The summed E-state index contributed by atoms with van der Waals surface area (Å²) in [5, 5.41) is 0. The highest BCUT2D eigenvalue weighted by atomic mass is 16.5. The largest absolute Gasteiger partial charge is 0.385 e. The van der Waals surface area contributed by atoms with E-state index in [1.54, 1.807) is 7.11 Å². The van der Waals surface area contributed by atoms with Crippen molar-refractivity contribution in [1.82, 2.24) is 4.90 Å². The topological polar surface area (TPSA) is 38.5 Å². The van der Waals surface area contributed by atoms with E-state index >= 15 is 0 Å². The van der Waals surface area contributed by atoms with Gasteiger partial charge in [-0.1, -0.05) is 0 Å². The van der Waals surface area contributed by atoms with Gasteiger partial charge in [0.05, 0.1) is 0 Å². The smallest absolute Gasteiger partial charge is 0.0474 e. The number of methoxy groups -OCH3 is 1. The van der Waals surface area contributed by atoms with Gasteiger partial charge in [0.2, 0.25) is 0 Å². The average molecular weight is 200 g/mol. The first-order valence-corrected chi connectivity index (χ1v) is 5.78. The van der Waals surface area contributed by atoms with Crippen LogP contribution < -0.4 is 5.73 Å². The highest BCUT2D eigenvalue weighted by Gasteiger charge is 2.17. The van der Waals surface area contributed by atoms with Crippen LogP contribution in [0, 0.1) is 5.92 Å². The zero-order valence-electron chi connectivity index (χ0n) is 9.37. The molecule has 14 heavy (non-hydrogen) atoms. The SMILES string of the molecule is COCCCN1CCC(CCN)CC1. The van der Waals surface area contributed by atoms with Gasteiger partial charge in [0.1, 0.15) is 0 Å². The zero-order chi connectivity index (χ0) is 10.2. The Labute approximate surface area is 87.6 Å². The highest BCUT2D eigenvalue weighted by Crippen LogP contribution is 2.19. The van der Waals surface area contributed by atoms with Gasteiger partial charge in [-0.2, -0.15) is 0 Å². The molecule has 1 fully saturated rings. The lowest BCUT2D eigenvalue weighted by Crippen LogP contribution is -2.35. The first kappa shape index (κ1) is 12.0. The molecule has 0 radical (unpaired) electrons. The summed E-state index contributed by atoms with van der Waals surface area (Å²) in [6.07, 6.45) is 5.05. The Hall–Kier alpha value is -0.120. The van der Waals surface area contributed by atoms with Crippen LogP contribution in [0.4, 0.5) is 0 Å². The van der Waals surface area contributed by atoms with Crippen LogP contribution in [0.2, 0.25) is 0 Å². The number of rotatable bonds is 6. The fourth-order valence-electron chi connectivity index (χ4n) is 2.17. The predicted molar refractivity (Wildman–Crippen MR) is 59.3 cm³/mol. The first-order valence-electron chi connectivity index (χ1n) is 5.78. The van der Waals surface area contributed by atoms with Gasteiger partial charge in [-0.25, -0.2) is 0 Å². The van der Waals surface area contributed by atoms with E-state index in [0.717, 1.165) is 25.5 Å². The Bertz CT molecular complexity index is 133. The Morgan fingerprint density at radius 2 is 2.07 bits per heavy atom. The molecule has 0 spiro atoms. The minimum Gasteiger partial charge on any atom is -0.385 e. The van der Waals surface area contributed by atoms with Crippen molar-refractivity contribution in [2.24, 2.45) is 11.7 Å². The van der Waals surface area contributed by atoms with Gasteiger partial charge in [-0.3, -0.25) is 0 Å². The van der Waals surface area contributed by atoms with Crippen LogP contribution in [0.5, 0.6) is 0 Å². The number of ether oxygens (including phenoxy) is 1. The molecule has 0 atom stereocenters. The fourth-order valence-corrected chi connectivity index (χ4v) is 2.17. The molecule has 84 valence electrons. The number of nitrogens with zero attached hydrogens (tertiary/aromatic N) is 1. The summed E-state index contributed by atoms with van der Waals surface area (Å²) < 4.78 is 5.05. The number of nitrogens with two attached hydrogens (primary N) is 1. The minimum absolute atomic E-state index is 0.855. The van der Waals surface area contributed by atoms with Crippen LogP contribution in [0.1, 0.15) is 25.7 Å². The lowest BCUT2D eigenvalue weighted by molar-refractivity contribution is 0.145. The molecule has 1 heterocycles. The van der Waals surface area contributed by atoms with E-state index in [1.807, 2.05) is 0 Å². The van der Waals surface area contributed by atoms with Crippen LogP contribution in [0.25, 0.3) is 0 Å². The van der Waals surface area contributed by atoms with Crippen molar-refractivity contribution < 1.29 is 4.74 Å². The second-order valence-corrected chi connectivity index (χ2v) is 4.21. The third-order valence-electron chi connectivity index (χ3n) is 3.10. The molecule has 1 aliphatic rings. The fraction of sp³-hybridized carbons (Fsp3) is 1.00. The summed E-state index contributed by atoms with van der Waals surface area (Å²) in [4.78, 5) is 2.55. The number of likely N-dealkylation sites (tertiary alicyclic amines) is 1. The molecule has 0 aromatic heterocycles. The molecular formula is C11H24N2O. The maximum atomic E-state index is 5.56. The predicted octanol–water partition coefficient (Wildman–Crippen LogP) is 1.08. The van der Waals surface area contributed by atoms with Crippen LogP contribution in [0.15, 0.2) is 0 Å². The van der Waals surface area contributed by atoms with Crippen LogP contribution >= 0.6 is 0 Å². The molecule has 3 heteroatoms. The summed E-state index contributed by atoms with van der Waals surface area (Å²) in [6.45, 7) is 5.46. The molecular weight excluding hydrogens is 176 g/mol. The normalized spacial score (nSPS) is 20.1. The van der Waals surface area contributed by atoms with Gasteiger partial charge in [0, 0.05) is 20.3 Å². The van der Waals surface area contributed by atoms with Crippen molar-refractivity contribution in [2.45, 2.75) is 25.7 Å². The van der Waals surface area contributed by atoms with Crippen molar-refractivity contribution in [2.75, 3.05) is 39.9 Å². The van der Waals surface area contributed by atoms with Crippen molar-refractivity contribution >= 4 is 0 Å². The van der Waals surface area contributed by atoms with E-state index < -0.39 is 0 Å². The van der Waals surface area contributed by atoms with E-state index in [9.17, 15) is 0 Å². The second kappa shape index (κ2) is 7.21. The van der Waals surface area contributed by atoms with Crippen molar-refractivity contribution in [3.8, 4) is 0 Å². The maximum Gasteiger partial charge on any atom is 0.0474 e. The molecule has 0 aromatic rings. The van der Waals surface area contributed by atoms with Crippen molar-refractivity contribution in [3.05, 3.63) is 0 Å². The molecule has 1 rings (SSSR count). The van der Waals surface area contributed by atoms with E-state index in [4.69, 9.17) is 10.5 Å². The third-order valence-corrected chi connectivity index (χ3v) is 3.10. The average Bonchev–Trinajstić information content (AvgIpc) is 2.21. The molecule has 1 aliphatic heterocycles. The van der Waals surface area contributed by atoms with Gasteiger partial charge in [-0.15, -0.1) is 0 Å². The molecule has 2 N–H and O–H groups in total. The number of hydrogen-bond acceptors (Lipinski definition) is 3. The summed E-state index contributed by atoms with van der Waals surface area (Å²) in [5.74, 6) is 0.888. The molecule has 0 bridgehead atoms. The summed E-state index contributed by atoms with van der Waals surface area (Å²) in [6, 6.07) is 0. The summed E-state index contributed by atoms with van der Waals surface area (Å²) >= 11 is 0. The van der Waals surface area contributed by atoms with Crippen molar-refractivity contribution in [1.29, 1.82) is 0 Å². The standard InChI is InChI=1S/C11H24N2O/c1-14-10-2-7-13-8-4-11(3-6-12)5-9-13/h11H,2-10,12H2,1H3. The molecule has 0 saturated carbocycles. The molecule has 0 unspecified atom stereocenters. The monoisotopic (exact) mass is 200 g/mol. The quantitative estimate of drug-likeness (QED) is 0.652. The molecule has 3 nitrogen and oxygen atoms in total. The first-order chi connectivity index (χ1) is 6.86. The van der Waals surface area contributed by atoms with E-state index in [2.05, 4.69) is 4.90 Å². The van der Waals surface area contributed by atoms with Crippen LogP contribution in [0.3, 0.4) is 0 Å². The van der Waals surface area contributed by atoms with Gasteiger partial charge in [0.25, 0.3) is 0 Å². The number of piperidine rings is 1. The zero-order valence-corrected chi connectivity index (χ0v) is 9.37. The van der Waals surface area contributed by atoms with E-state index in [1.165, 1.54) is 38.9 Å². The van der Waals surface area contributed by atoms with Crippen molar-refractivity contribution in [3.63, 3.8) is 0 Å². The van der Waals surface area contributed by atoms with Gasteiger partial charge < -0.3 is 15.4 Å². The molecule has 1 saturated heterocycles. The number of hydrogen-bond donors (Lipinski definition) is 1. The molecule has 0 aromatic carbocycles. The van der Waals surface area contributed by atoms with Gasteiger partial charge in [-0.05, 0) is 51.2 Å². The van der Waals surface area contributed by atoms with Crippen LogP contribution in [-0.4, -0.2) is 44.8 Å². The Balaban J connectivity index is 2.03. The van der Waals surface area contributed by atoms with Gasteiger partial charge in [0.15, 0.2) is 0 Å². The molecule has 0 aliphatic carbocycles. The maximum absolute atomic E-state index is 5.56.